The summed E-state index contributed by atoms with van der Waals surface area (Å²) in [5, 5.41) is 0. The van der Waals surface area contributed by atoms with Crippen molar-refractivity contribution in [2.75, 3.05) is 0 Å². The Morgan fingerprint density at radius 1 is 1.14 bits per heavy atom. The molecule has 7 heteroatoms. The lowest BCUT2D eigenvalue weighted by Gasteiger charge is -2.16. The zero-order valence-corrected chi connectivity index (χ0v) is 16.3. The number of hydrogen-bond acceptors (Lipinski definition) is 3. The molecule has 0 fully saturated rings. The molecule has 0 radical (unpaired) electrons. The second kappa shape index (κ2) is 7.50. The molecule has 1 aromatic carbocycles. The molecule has 1 amide bonds. The molecule has 6 nitrogen and oxygen atoms in total. The van der Waals surface area contributed by atoms with E-state index in [0.717, 1.165) is 40.3 Å². The van der Waals surface area contributed by atoms with E-state index < -0.39 is 5.91 Å². The van der Waals surface area contributed by atoms with Crippen LogP contribution in [-0.4, -0.2) is 24.8 Å². The quantitative estimate of drug-likeness (QED) is 0.540. The summed E-state index contributed by atoms with van der Waals surface area (Å²) in [5.74, 6) is -0.693. The summed E-state index contributed by atoms with van der Waals surface area (Å²) in [6.45, 7) is 4.25. The molecule has 3 heterocycles. The van der Waals surface area contributed by atoms with Crippen LogP contribution in [0.5, 0.6) is 0 Å². The van der Waals surface area contributed by atoms with Crippen LogP contribution in [0.1, 0.15) is 32.0 Å². The summed E-state index contributed by atoms with van der Waals surface area (Å²) in [6, 6.07) is 10.5. The van der Waals surface area contributed by atoms with Crippen molar-refractivity contribution in [3.8, 4) is 22.5 Å². The van der Waals surface area contributed by atoms with Gasteiger partial charge >= 0.3 is 0 Å². The molecule has 29 heavy (non-hydrogen) atoms. The summed E-state index contributed by atoms with van der Waals surface area (Å²) in [4.78, 5) is 20.4. The van der Waals surface area contributed by atoms with Crippen molar-refractivity contribution < 1.29 is 9.18 Å². The Bertz CT molecular complexity index is 1180. The number of nitrogens with zero attached hydrogens (tertiary/aromatic N) is 4. The van der Waals surface area contributed by atoms with Gasteiger partial charge in [-0.25, -0.2) is 14.4 Å². The fourth-order valence-corrected chi connectivity index (χ4v) is 3.48. The van der Waals surface area contributed by atoms with Crippen LogP contribution in [0.3, 0.4) is 0 Å². The lowest BCUT2D eigenvalue weighted by Crippen LogP contribution is -2.14. The highest BCUT2D eigenvalue weighted by molar-refractivity contribution is 5.79. The Morgan fingerprint density at radius 2 is 1.86 bits per heavy atom. The Kier molecular flexibility index (Phi) is 4.88. The molecule has 0 aliphatic carbocycles. The molecule has 3 aromatic heterocycles. The summed E-state index contributed by atoms with van der Waals surface area (Å²) >= 11 is 0. The van der Waals surface area contributed by atoms with Gasteiger partial charge in [-0.3, -0.25) is 4.79 Å². The number of rotatable bonds is 6. The zero-order chi connectivity index (χ0) is 20.5. The average molecular weight is 391 g/mol. The van der Waals surface area contributed by atoms with Crippen molar-refractivity contribution in [1.29, 1.82) is 0 Å². The van der Waals surface area contributed by atoms with Crippen molar-refractivity contribution in [1.82, 2.24) is 18.9 Å². The second-order valence-corrected chi connectivity index (χ2v) is 7.15. The van der Waals surface area contributed by atoms with Crippen molar-refractivity contribution in [3.63, 3.8) is 0 Å². The molecule has 1 atom stereocenters. The van der Waals surface area contributed by atoms with E-state index in [-0.39, 0.29) is 18.3 Å². The van der Waals surface area contributed by atoms with E-state index in [9.17, 15) is 9.18 Å². The van der Waals surface area contributed by atoms with E-state index in [2.05, 4.69) is 28.4 Å². The highest BCUT2D eigenvalue weighted by atomic mass is 19.1. The number of aromatic nitrogens is 4. The van der Waals surface area contributed by atoms with Gasteiger partial charge in [0.05, 0.1) is 29.8 Å². The van der Waals surface area contributed by atoms with Gasteiger partial charge in [-0.2, -0.15) is 0 Å². The second-order valence-electron chi connectivity index (χ2n) is 7.15. The third-order valence-electron chi connectivity index (χ3n) is 5.19. The number of carbonyl (C=O) groups excluding carboxylic acids is 1. The predicted octanol–water partition coefficient (Wildman–Crippen LogP) is 4.00. The number of halogens is 1. The van der Waals surface area contributed by atoms with E-state index in [1.807, 2.05) is 29.1 Å². The van der Waals surface area contributed by atoms with Gasteiger partial charge in [0.1, 0.15) is 11.5 Å². The normalized spacial score (nSPS) is 12.4. The summed E-state index contributed by atoms with van der Waals surface area (Å²) in [7, 11) is 0. The van der Waals surface area contributed by atoms with Crippen LogP contribution in [0.4, 0.5) is 4.39 Å². The third kappa shape index (κ3) is 3.51. The maximum atomic E-state index is 13.4. The minimum Gasteiger partial charge on any atom is -0.369 e. The third-order valence-corrected chi connectivity index (χ3v) is 5.19. The maximum Gasteiger partial charge on any atom is 0.223 e. The Hall–Kier alpha value is -3.48. The van der Waals surface area contributed by atoms with Gasteiger partial charge in [-0.15, -0.1) is 0 Å². The first-order chi connectivity index (χ1) is 14.0. The number of amides is 1. The van der Waals surface area contributed by atoms with Crippen LogP contribution >= 0.6 is 0 Å². The fraction of sp³-hybridized carbons (Fsp3) is 0.227. The SMILES string of the molecule is CCC(C)n1cnc(-c2ccc(F)cc2)c1-c1ccc2ncc(CC(N)=O)n2c1. The summed E-state index contributed by atoms with van der Waals surface area (Å²) in [6.07, 6.45) is 6.48. The first-order valence-corrected chi connectivity index (χ1v) is 9.55. The highest BCUT2D eigenvalue weighted by Gasteiger charge is 2.19. The molecule has 0 saturated carbocycles. The average Bonchev–Trinajstić information content (AvgIpc) is 3.32. The fourth-order valence-electron chi connectivity index (χ4n) is 3.48. The predicted molar refractivity (Wildman–Crippen MR) is 110 cm³/mol. The van der Waals surface area contributed by atoms with E-state index in [4.69, 9.17) is 5.73 Å². The van der Waals surface area contributed by atoms with E-state index in [0.29, 0.717) is 0 Å². The van der Waals surface area contributed by atoms with Gasteiger partial charge in [0.2, 0.25) is 5.91 Å². The van der Waals surface area contributed by atoms with Crippen molar-refractivity contribution in [2.24, 2.45) is 5.73 Å². The van der Waals surface area contributed by atoms with Gasteiger partial charge in [-0.1, -0.05) is 6.92 Å². The number of imidazole rings is 2. The molecule has 0 saturated heterocycles. The van der Waals surface area contributed by atoms with Crippen LogP contribution in [0.25, 0.3) is 28.2 Å². The number of carbonyl (C=O) groups is 1. The first-order valence-electron chi connectivity index (χ1n) is 9.55. The van der Waals surface area contributed by atoms with Gasteiger partial charge in [0.15, 0.2) is 0 Å². The van der Waals surface area contributed by atoms with E-state index >= 15 is 0 Å². The first kappa shape index (κ1) is 18.9. The molecule has 2 N–H and O–H groups in total. The molecule has 0 bridgehead atoms. The van der Waals surface area contributed by atoms with Gasteiger partial charge in [0.25, 0.3) is 0 Å². The Labute approximate surface area is 167 Å². The highest BCUT2D eigenvalue weighted by Crippen LogP contribution is 2.34. The summed E-state index contributed by atoms with van der Waals surface area (Å²) < 4.78 is 17.4. The molecule has 4 rings (SSSR count). The van der Waals surface area contributed by atoms with Crippen LogP contribution in [0.2, 0.25) is 0 Å². The van der Waals surface area contributed by atoms with Crippen LogP contribution < -0.4 is 5.73 Å². The van der Waals surface area contributed by atoms with Crippen LogP contribution in [0, 0.1) is 5.82 Å². The number of benzene rings is 1. The van der Waals surface area contributed by atoms with Crippen molar-refractivity contribution in [3.05, 3.63) is 66.6 Å². The molecule has 4 aromatic rings. The maximum absolute atomic E-state index is 13.4. The number of nitrogens with two attached hydrogens (primary N) is 1. The number of pyridine rings is 1. The van der Waals surface area contributed by atoms with Gasteiger partial charge in [-0.05, 0) is 49.7 Å². The largest absolute Gasteiger partial charge is 0.369 e. The van der Waals surface area contributed by atoms with Crippen molar-refractivity contribution >= 4 is 11.6 Å². The standard InChI is InChI=1S/C22H22FN5O/c1-3-14(2)28-13-26-21(15-4-7-17(23)8-5-15)22(28)16-6-9-20-25-11-18(10-19(24)29)27(20)12-16/h4-9,11-14H,3,10H2,1-2H3,(H2,24,29). The van der Waals surface area contributed by atoms with Gasteiger partial charge < -0.3 is 14.7 Å². The molecule has 148 valence electrons. The van der Waals surface area contributed by atoms with E-state index in [1.165, 1.54) is 12.1 Å². The minimum atomic E-state index is -0.408. The Balaban J connectivity index is 1.91. The monoisotopic (exact) mass is 391 g/mol. The van der Waals surface area contributed by atoms with Crippen LogP contribution in [-0.2, 0) is 11.2 Å². The topological polar surface area (TPSA) is 78.2 Å². The molecular weight excluding hydrogens is 369 g/mol. The Morgan fingerprint density at radius 3 is 2.55 bits per heavy atom. The number of hydrogen-bond donors (Lipinski definition) is 1. The smallest absolute Gasteiger partial charge is 0.223 e. The zero-order valence-electron chi connectivity index (χ0n) is 16.3. The van der Waals surface area contributed by atoms with Crippen molar-refractivity contribution in [2.45, 2.75) is 32.7 Å². The van der Waals surface area contributed by atoms with Gasteiger partial charge in [0, 0.05) is 29.6 Å². The lowest BCUT2D eigenvalue weighted by atomic mass is 10.0. The molecule has 0 spiro atoms. The number of primary amides is 1. The van der Waals surface area contributed by atoms with E-state index in [1.54, 1.807) is 18.3 Å². The molecule has 0 aliphatic rings. The number of fused-ring (bicyclic) bond motifs is 1. The lowest BCUT2D eigenvalue weighted by molar-refractivity contribution is -0.117. The minimum absolute atomic E-state index is 0.111. The molecule has 1 unspecified atom stereocenters. The van der Waals surface area contributed by atoms with Crippen LogP contribution in [0.15, 0.2) is 55.1 Å². The molecular formula is C22H22FN5O. The summed E-state index contributed by atoms with van der Waals surface area (Å²) in [5.41, 5.74) is 10.3. The molecule has 0 aliphatic heterocycles.